The van der Waals surface area contributed by atoms with Gasteiger partial charge in [-0.3, -0.25) is 0 Å². The molecule has 0 radical (unpaired) electrons. The highest BCUT2D eigenvalue weighted by molar-refractivity contribution is 7.91. The van der Waals surface area contributed by atoms with Crippen LogP contribution < -0.4 is 5.32 Å². The Morgan fingerprint density at radius 1 is 0.926 bits per heavy atom. The second kappa shape index (κ2) is 8.06. The number of para-hydroxylation sites is 1. The third-order valence-electron chi connectivity index (χ3n) is 3.99. The number of anilines is 1. The van der Waals surface area contributed by atoms with E-state index >= 15 is 0 Å². The van der Waals surface area contributed by atoms with Gasteiger partial charge < -0.3 is 5.32 Å². The molecule has 0 aliphatic heterocycles. The molecule has 0 saturated heterocycles. The van der Waals surface area contributed by atoms with Crippen LogP contribution in [0.2, 0.25) is 5.02 Å². The van der Waals surface area contributed by atoms with Crippen molar-refractivity contribution in [3.8, 4) is 0 Å². The average molecular weight is 408 g/mol. The van der Waals surface area contributed by atoms with Crippen molar-refractivity contribution < 1.29 is 17.2 Å². The second-order valence-corrected chi connectivity index (χ2v) is 8.23. The van der Waals surface area contributed by atoms with Gasteiger partial charge in [0.05, 0.1) is 4.90 Å². The summed E-state index contributed by atoms with van der Waals surface area (Å²) in [6.45, 7) is 0.324. The molecule has 3 aromatic carbocycles. The molecule has 0 saturated carbocycles. The van der Waals surface area contributed by atoms with Crippen LogP contribution in [0.25, 0.3) is 0 Å². The van der Waals surface area contributed by atoms with Crippen molar-refractivity contribution in [3.05, 3.63) is 89.0 Å². The summed E-state index contributed by atoms with van der Waals surface area (Å²) < 4.78 is 54.2. The molecular weight excluding hydrogens is 392 g/mol. The van der Waals surface area contributed by atoms with Gasteiger partial charge >= 0.3 is 0 Å². The summed E-state index contributed by atoms with van der Waals surface area (Å²) in [6.07, 6.45) is 0.127. The maximum absolute atomic E-state index is 14.8. The first-order chi connectivity index (χ1) is 12.9. The van der Waals surface area contributed by atoms with E-state index < -0.39 is 26.4 Å². The van der Waals surface area contributed by atoms with Crippen LogP contribution >= 0.6 is 11.6 Å². The molecule has 0 aliphatic carbocycles. The molecule has 3 nitrogen and oxygen atoms in total. The number of halogens is 3. The van der Waals surface area contributed by atoms with Crippen molar-refractivity contribution >= 4 is 27.1 Å². The molecule has 3 aromatic rings. The van der Waals surface area contributed by atoms with Crippen molar-refractivity contribution in [2.45, 2.75) is 16.2 Å². The van der Waals surface area contributed by atoms with Gasteiger partial charge in [-0.05, 0) is 60.5 Å². The van der Waals surface area contributed by atoms with E-state index in [-0.39, 0.29) is 16.9 Å². The predicted octanol–water partition coefficient (Wildman–Crippen LogP) is 5.11. The average Bonchev–Trinajstić information content (AvgIpc) is 2.65. The third-order valence-corrected chi connectivity index (χ3v) is 6.01. The van der Waals surface area contributed by atoms with E-state index in [4.69, 9.17) is 11.6 Å². The zero-order chi connectivity index (χ0) is 19.4. The van der Waals surface area contributed by atoms with E-state index in [9.17, 15) is 17.2 Å². The SMILES string of the molecule is O=S(=O)(c1ccc(Cl)cc1)c1cc(F)cc(CCNc2ccccc2)c1F. The van der Waals surface area contributed by atoms with E-state index in [1.54, 1.807) is 0 Å². The molecule has 3 rings (SSSR count). The summed E-state index contributed by atoms with van der Waals surface area (Å²) in [5, 5.41) is 3.43. The van der Waals surface area contributed by atoms with Gasteiger partial charge in [0.15, 0.2) is 0 Å². The first kappa shape index (κ1) is 19.3. The van der Waals surface area contributed by atoms with Crippen molar-refractivity contribution in [1.82, 2.24) is 0 Å². The third kappa shape index (κ3) is 4.46. The molecule has 0 spiro atoms. The van der Waals surface area contributed by atoms with Crippen LogP contribution in [0.3, 0.4) is 0 Å². The van der Waals surface area contributed by atoms with Gasteiger partial charge in [0.25, 0.3) is 0 Å². The Bertz CT molecular complexity index is 1040. The van der Waals surface area contributed by atoms with Gasteiger partial charge in [-0.15, -0.1) is 0 Å². The summed E-state index contributed by atoms with van der Waals surface area (Å²) in [5.74, 6) is -1.75. The van der Waals surface area contributed by atoms with Crippen LogP contribution in [0, 0.1) is 11.6 Å². The van der Waals surface area contributed by atoms with E-state index in [2.05, 4.69) is 5.32 Å². The number of benzene rings is 3. The van der Waals surface area contributed by atoms with Gasteiger partial charge in [-0.25, -0.2) is 17.2 Å². The summed E-state index contributed by atoms with van der Waals surface area (Å²) in [6, 6.07) is 16.3. The number of hydrogen-bond acceptors (Lipinski definition) is 3. The lowest BCUT2D eigenvalue weighted by atomic mass is 10.1. The lowest BCUT2D eigenvalue weighted by molar-refractivity contribution is 0.542. The van der Waals surface area contributed by atoms with E-state index in [0.717, 1.165) is 11.8 Å². The Morgan fingerprint density at radius 2 is 1.59 bits per heavy atom. The highest BCUT2D eigenvalue weighted by Gasteiger charge is 2.25. The minimum absolute atomic E-state index is 0.00836. The van der Waals surface area contributed by atoms with Gasteiger partial charge in [-0.1, -0.05) is 29.8 Å². The van der Waals surface area contributed by atoms with Crippen LogP contribution in [0.1, 0.15) is 5.56 Å². The quantitative estimate of drug-likeness (QED) is 0.618. The Balaban J connectivity index is 1.87. The molecule has 7 heteroatoms. The summed E-state index contributed by atoms with van der Waals surface area (Å²) in [5.41, 5.74) is 0.828. The predicted molar refractivity (Wildman–Crippen MR) is 102 cm³/mol. The van der Waals surface area contributed by atoms with Gasteiger partial charge in [0.1, 0.15) is 16.5 Å². The fraction of sp³-hybridized carbons (Fsp3) is 0.100. The summed E-state index contributed by atoms with van der Waals surface area (Å²) >= 11 is 5.76. The van der Waals surface area contributed by atoms with Crippen LogP contribution in [-0.4, -0.2) is 15.0 Å². The molecule has 0 aromatic heterocycles. The standard InChI is InChI=1S/C20H16ClF2NO2S/c21-15-6-8-18(9-7-15)27(25,26)19-13-16(22)12-14(20(19)23)10-11-24-17-4-2-1-3-5-17/h1-9,12-13,24H,10-11H2. The molecule has 0 unspecified atom stereocenters. The molecule has 1 N–H and O–H groups in total. The van der Waals surface area contributed by atoms with Crippen molar-refractivity contribution in [1.29, 1.82) is 0 Å². The largest absolute Gasteiger partial charge is 0.385 e. The fourth-order valence-electron chi connectivity index (χ4n) is 2.63. The molecule has 140 valence electrons. The molecule has 27 heavy (non-hydrogen) atoms. The lowest BCUT2D eigenvalue weighted by Crippen LogP contribution is -2.11. The van der Waals surface area contributed by atoms with Crippen LogP contribution in [0.4, 0.5) is 14.5 Å². The molecular formula is C20H16ClF2NO2S. The Labute approximate surface area is 161 Å². The Hall–Kier alpha value is -2.44. The monoisotopic (exact) mass is 407 g/mol. The Kier molecular flexibility index (Phi) is 5.77. The van der Waals surface area contributed by atoms with Crippen LogP contribution in [0.15, 0.2) is 76.5 Å². The molecule has 0 atom stereocenters. The smallest absolute Gasteiger partial charge is 0.209 e. The highest BCUT2D eigenvalue weighted by Crippen LogP contribution is 2.27. The minimum Gasteiger partial charge on any atom is -0.385 e. The molecule has 0 amide bonds. The van der Waals surface area contributed by atoms with Gasteiger partial charge in [-0.2, -0.15) is 0 Å². The van der Waals surface area contributed by atoms with Gasteiger partial charge in [0, 0.05) is 17.3 Å². The first-order valence-electron chi connectivity index (χ1n) is 8.15. The van der Waals surface area contributed by atoms with Crippen molar-refractivity contribution in [2.75, 3.05) is 11.9 Å². The maximum atomic E-state index is 14.8. The topological polar surface area (TPSA) is 46.2 Å². The van der Waals surface area contributed by atoms with E-state index in [1.165, 1.54) is 24.3 Å². The number of hydrogen-bond donors (Lipinski definition) is 1. The zero-order valence-corrected chi connectivity index (χ0v) is 15.7. The highest BCUT2D eigenvalue weighted by atomic mass is 35.5. The van der Waals surface area contributed by atoms with Crippen LogP contribution in [0.5, 0.6) is 0 Å². The number of nitrogens with one attached hydrogen (secondary N) is 1. The second-order valence-electron chi connectivity index (χ2n) is 5.88. The summed E-state index contributed by atoms with van der Waals surface area (Å²) in [4.78, 5) is -0.829. The Morgan fingerprint density at radius 3 is 2.26 bits per heavy atom. The van der Waals surface area contributed by atoms with Crippen molar-refractivity contribution in [2.24, 2.45) is 0 Å². The van der Waals surface area contributed by atoms with Crippen LogP contribution in [-0.2, 0) is 16.3 Å². The van der Waals surface area contributed by atoms with E-state index in [1.807, 2.05) is 30.3 Å². The zero-order valence-electron chi connectivity index (χ0n) is 14.1. The fourth-order valence-corrected chi connectivity index (χ4v) is 4.14. The van der Waals surface area contributed by atoms with Crippen molar-refractivity contribution in [3.63, 3.8) is 0 Å². The lowest BCUT2D eigenvalue weighted by Gasteiger charge is -2.11. The molecule has 0 aliphatic rings. The summed E-state index contributed by atoms with van der Waals surface area (Å²) in [7, 11) is -4.20. The van der Waals surface area contributed by atoms with Gasteiger partial charge in [0.2, 0.25) is 9.84 Å². The normalized spacial score (nSPS) is 11.4. The maximum Gasteiger partial charge on any atom is 0.209 e. The molecule has 0 fully saturated rings. The number of sulfone groups is 1. The minimum atomic E-state index is -4.20. The first-order valence-corrected chi connectivity index (χ1v) is 10.0. The molecule has 0 bridgehead atoms. The number of rotatable bonds is 6. The molecule has 0 heterocycles. The van der Waals surface area contributed by atoms with E-state index in [0.29, 0.717) is 17.6 Å².